The number of imidazole rings is 1. The van der Waals surface area contributed by atoms with Gasteiger partial charge in [0.25, 0.3) is 0 Å². The van der Waals surface area contributed by atoms with E-state index in [-0.39, 0.29) is 0 Å². The zero-order chi connectivity index (χ0) is 14.9. The van der Waals surface area contributed by atoms with E-state index >= 15 is 0 Å². The Morgan fingerprint density at radius 3 is 2.77 bits per heavy atom. The van der Waals surface area contributed by atoms with E-state index in [0.717, 1.165) is 43.1 Å². The molecule has 1 aliphatic heterocycles. The molecule has 1 fully saturated rings. The zero-order valence-electron chi connectivity index (χ0n) is 12.7. The second-order valence-corrected chi connectivity index (χ2v) is 5.89. The number of fused-ring (bicyclic) bond motifs is 1. The van der Waals surface area contributed by atoms with Gasteiger partial charge >= 0.3 is 0 Å². The van der Waals surface area contributed by atoms with Gasteiger partial charge in [-0.25, -0.2) is 15.0 Å². The van der Waals surface area contributed by atoms with Crippen LogP contribution in [-0.2, 0) is 0 Å². The van der Waals surface area contributed by atoms with Crippen LogP contribution in [0.25, 0.3) is 5.65 Å². The Labute approximate surface area is 129 Å². The minimum atomic E-state index is 0.579. The Morgan fingerprint density at radius 2 is 2.00 bits per heavy atom. The first kappa shape index (κ1) is 13.2. The predicted octanol–water partition coefficient (Wildman–Crippen LogP) is 2.82. The fourth-order valence-corrected chi connectivity index (χ4v) is 3.36. The number of aromatic nitrogens is 4. The molecule has 0 atom stereocenters. The lowest BCUT2D eigenvalue weighted by molar-refractivity contribution is 0.490. The normalized spacial score (nSPS) is 16.3. The van der Waals surface area contributed by atoms with Gasteiger partial charge in [-0.05, 0) is 38.0 Å². The lowest BCUT2D eigenvalue weighted by atomic mass is 9.93. The largest absolute Gasteiger partial charge is 0.356 e. The first-order chi connectivity index (χ1) is 10.8. The van der Waals surface area contributed by atoms with E-state index < -0.39 is 0 Å². The van der Waals surface area contributed by atoms with Gasteiger partial charge in [0.1, 0.15) is 17.8 Å². The molecular weight excluding hydrogens is 274 g/mol. The van der Waals surface area contributed by atoms with Gasteiger partial charge in [0.15, 0.2) is 0 Å². The molecule has 0 aliphatic carbocycles. The molecule has 3 aromatic rings. The molecule has 0 bridgehead atoms. The Morgan fingerprint density at radius 1 is 1.14 bits per heavy atom. The third-order valence-corrected chi connectivity index (χ3v) is 4.45. The summed E-state index contributed by atoms with van der Waals surface area (Å²) in [6.45, 7) is 4.12. The second-order valence-electron chi connectivity index (χ2n) is 5.89. The molecule has 4 heterocycles. The topological polar surface area (TPSA) is 46.3 Å². The highest BCUT2D eigenvalue weighted by Crippen LogP contribution is 2.30. The van der Waals surface area contributed by atoms with Crippen LogP contribution in [0.5, 0.6) is 0 Å². The van der Waals surface area contributed by atoms with Gasteiger partial charge in [-0.15, -0.1) is 0 Å². The Bertz CT molecular complexity index is 772. The van der Waals surface area contributed by atoms with Crippen molar-refractivity contribution in [2.45, 2.75) is 25.7 Å². The number of piperidine rings is 1. The molecule has 0 amide bonds. The molecule has 0 radical (unpaired) electrons. The number of rotatable bonds is 2. The SMILES string of the molecule is Cc1cn2c(C3CCN(c4ccncn4)CC3)cccc2n1. The third kappa shape index (κ3) is 2.32. The molecular formula is C17H19N5. The molecule has 5 heteroatoms. The Hall–Kier alpha value is -2.43. The summed E-state index contributed by atoms with van der Waals surface area (Å²) in [6, 6.07) is 8.42. The molecule has 1 saturated heterocycles. The van der Waals surface area contributed by atoms with Gasteiger partial charge in [-0.1, -0.05) is 6.07 Å². The molecule has 5 nitrogen and oxygen atoms in total. The number of anilines is 1. The van der Waals surface area contributed by atoms with Gasteiger partial charge in [-0.3, -0.25) is 0 Å². The van der Waals surface area contributed by atoms with E-state index in [2.05, 4.69) is 55.6 Å². The number of hydrogen-bond acceptors (Lipinski definition) is 4. The summed E-state index contributed by atoms with van der Waals surface area (Å²) in [5, 5.41) is 0. The van der Waals surface area contributed by atoms with Crippen molar-refractivity contribution in [3.63, 3.8) is 0 Å². The van der Waals surface area contributed by atoms with Crippen LogP contribution in [0.3, 0.4) is 0 Å². The fraction of sp³-hybridized carbons (Fsp3) is 0.353. The van der Waals surface area contributed by atoms with Crippen LogP contribution in [0, 0.1) is 6.92 Å². The highest BCUT2D eigenvalue weighted by molar-refractivity contribution is 5.43. The summed E-state index contributed by atoms with van der Waals surface area (Å²) in [6.07, 6.45) is 7.85. The number of aryl methyl sites for hydroxylation is 1. The Kier molecular flexibility index (Phi) is 3.25. The van der Waals surface area contributed by atoms with Gasteiger partial charge in [0.05, 0.1) is 5.69 Å². The molecule has 22 heavy (non-hydrogen) atoms. The van der Waals surface area contributed by atoms with Crippen LogP contribution >= 0.6 is 0 Å². The molecule has 0 spiro atoms. The van der Waals surface area contributed by atoms with E-state index in [4.69, 9.17) is 0 Å². The summed E-state index contributed by atoms with van der Waals surface area (Å²) < 4.78 is 2.25. The highest BCUT2D eigenvalue weighted by Gasteiger charge is 2.23. The second kappa shape index (κ2) is 5.40. The van der Waals surface area contributed by atoms with E-state index in [0.29, 0.717) is 5.92 Å². The summed E-state index contributed by atoms with van der Waals surface area (Å²) in [7, 11) is 0. The van der Waals surface area contributed by atoms with E-state index in [1.807, 2.05) is 12.3 Å². The van der Waals surface area contributed by atoms with Gasteiger partial charge in [-0.2, -0.15) is 0 Å². The van der Waals surface area contributed by atoms with Crippen molar-refractivity contribution in [3.8, 4) is 0 Å². The maximum Gasteiger partial charge on any atom is 0.137 e. The van der Waals surface area contributed by atoms with Crippen molar-refractivity contribution in [2.24, 2.45) is 0 Å². The standard InChI is InChI=1S/C17H19N5/c1-13-11-22-15(3-2-4-17(22)20-13)14-6-9-21(10-7-14)16-5-8-18-12-19-16/h2-5,8,11-12,14H,6-7,9-10H2,1H3. The summed E-state index contributed by atoms with van der Waals surface area (Å²) in [5.74, 6) is 1.61. The molecule has 1 aliphatic rings. The van der Waals surface area contributed by atoms with Crippen LogP contribution in [0.1, 0.15) is 30.1 Å². The predicted molar refractivity (Wildman–Crippen MR) is 86.1 cm³/mol. The quantitative estimate of drug-likeness (QED) is 0.729. The summed E-state index contributed by atoms with van der Waals surface area (Å²) in [4.78, 5) is 15.3. The van der Waals surface area contributed by atoms with Crippen LogP contribution in [-0.4, -0.2) is 32.4 Å². The fourth-order valence-electron chi connectivity index (χ4n) is 3.36. The average Bonchev–Trinajstić information content (AvgIpc) is 2.96. The maximum atomic E-state index is 4.57. The van der Waals surface area contributed by atoms with Crippen LogP contribution in [0.15, 0.2) is 43.0 Å². The van der Waals surface area contributed by atoms with Crippen molar-refractivity contribution >= 4 is 11.5 Å². The summed E-state index contributed by atoms with van der Waals surface area (Å²) in [5.41, 5.74) is 3.50. The molecule has 3 aromatic heterocycles. The maximum absolute atomic E-state index is 4.57. The first-order valence-corrected chi connectivity index (χ1v) is 7.77. The van der Waals surface area contributed by atoms with Crippen molar-refractivity contribution < 1.29 is 0 Å². The van der Waals surface area contributed by atoms with Crippen molar-refractivity contribution in [3.05, 3.63) is 54.4 Å². The molecule has 0 saturated carbocycles. The minimum Gasteiger partial charge on any atom is -0.356 e. The van der Waals surface area contributed by atoms with Gasteiger partial charge in [0.2, 0.25) is 0 Å². The van der Waals surface area contributed by atoms with Crippen molar-refractivity contribution in [2.75, 3.05) is 18.0 Å². The Balaban J connectivity index is 1.56. The molecule has 0 N–H and O–H groups in total. The number of hydrogen-bond donors (Lipinski definition) is 0. The first-order valence-electron chi connectivity index (χ1n) is 7.77. The highest BCUT2D eigenvalue weighted by atomic mass is 15.2. The lowest BCUT2D eigenvalue weighted by Gasteiger charge is -2.33. The lowest BCUT2D eigenvalue weighted by Crippen LogP contribution is -2.33. The third-order valence-electron chi connectivity index (χ3n) is 4.45. The van der Waals surface area contributed by atoms with Crippen molar-refractivity contribution in [1.29, 1.82) is 0 Å². The average molecular weight is 293 g/mol. The van der Waals surface area contributed by atoms with Crippen LogP contribution in [0.4, 0.5) is 5.82 Å². The molecule has 0 unspecified atom stereocenters. The van der Waals surface area contributed by atoms with E-state index in [9.17, 15) is 0 Å². The molecule has 4 rings (SSSR count). The zero-order valence-corrected chi connectivity index (χ0v) is 12.7. The van der Waals surface area contributed by atoms with Gasteiger partial charge < -0.3 is 9.30 Å². The molecule has 112 valence electrons. The monoisotopic (exact) mass is 293 g/mol. The van der Waals surface area contributed by atoms with Gasteiger partial charge in [0, 0.05) is 37.1 Å². The van der Waals surface area contributed by atoms with Crippen LogP contribution in [0.2, 0.25) is 0 Å². The number of nitrogens with zero attached hydrogens (tertiary/aromatic N) is 5. The smallest absolute Gasteiger partial charge is 0.137 e. The minimum absolute atomic E-state index is 0.579. The number of pyridine rings is 1. The van der Waals surface area contributed by atoms with E-state index in [1.165, 1.54) is 5.69 Å². The van der Waals surface area contributed by atoms with E-state index in [1.54, 1.807) is 6.33 Å². The van der Waals surface area contributed by atoms with Crippen molar-refractivity contribution in [1.82, 2.24) is 19.4 Å². The summed E-state index contributed by atoms with van der Waals surface area (Å²) >= 11 is 0. The molecule has 0 aromatic carbocycles. The van der Waals surface area contributed by atoms with Crippen LogP contribution < -0.4 is 4.90 Å².